The van der Waals surface area contributed by atoms with Crippen LogP contribution in [0.15, 0.2) is 48.5 Å². The lowest BCUT2D eigenvalue weighted by Gasteiger charge is -2.12. The van der Waals surface area contributed by atoms with Crippen molar-refractivity contribution >= 4 is 10.8 Å². The molecule has 3 aromatic carbocycles. The van der Waals surface area contributed by atoms with Crippen LogP contribution in [0.2, 0.25) is 0 Å². The van der Waals surface area contributed by atoms with Crippen molar-refractivity contribution < 1.29 is 26.7 Å². The first-order valence-electron chi connectivity index (χ1n) is 9.55. The molecule has 0 heterocycles. The number of hydrogen-bond donors (Lipinski definition) is 0. The molecule has 30 heavy (non-hydrogen) atoms. The number of hydrogen-bond acceptors (Lipinski definition) is 1. The molecule has 0 aliphatic rings. The fourth-order valence-corrected chi connectivity index (χ4v) is 3.08. The van der Waals surface area contributed by atoms with E-state index in [0.29, 0.717) is 5.56 Å². The minimum Gasteiger partial charge on any atom is -0.399 e. The number of ether oxygens (including phenoxy) is 1. The third-order valence-electron chi connectivity index (χ3n) is 4.58. The Hall–Kier alpha value is -3.07. The molecule has 0 atom stereocenters. The average Bonchev–Trinajstić information content (AvgIpc) is 2.70. The Bertz CT molecular complexity index is 1090. The number of halogens is 5. The van der Waals surface area contributed by atoms with E-state index in [1.165, 1.54) is 36.6 Å². The molecule has 0 spiro atoms. The van der Waals surface area contributed by atoms with Gasteiger partial charge in [-0.2, -0.15) is 0 Å². The van der Waals surface area contributed by atoms with E-state index >= 15 is 0 Å². The average molecular weight is 418 g/mol. The van der Waals surface area contributed by atoms with Gasteiger partial charge in [-0.05, 0) is 54.1 Å². The zero-order valence-corrected chi connectivity index (χ0v) is 16.2. The van der Waals surface area contributed by atoms with Gasteiger partial charge in [-0.25, -0.2) is 8.78 Å². The first-order valence-corrected chi connectivity index (χ1v) is 9.55. The smallest absolute Gasteiger partial charge is 0.399 e. The van der Waals surface area contributed by atoms with E-state index in [-0.39, 0.29) is 10.8 Å². The maximum atomic E-state index is 14.3. The molecule has 6 heteroatoms. The Kier molecular flexibility index (Phi) is 6.61. The van der Waals surface area contributed by atoms with Crippen LogP contribution in [0.1, 0.15) is 42.9 Å². The first-order chi connectivity index (χ1) is 14.3. The van der Waals surface area contributed by atoms with Gasteiger partial charge in [0.25, 0.3) is 0 Å². The van der Waals surface area contributed by atoms with Gasteiger partial charge in [-0.1, -0.05) is 49.8 Å². The van der Waals surface area contributed by atoms with E-state index in [9.17, 15) is 22.0 Å². The molecule has 0 amide bonds. The van der Waals surface area contributed by atoms with E-state index in [0.717, 1.165) is 24.5 Å². The summed E-state index contributed by atoms with van der Waals surface area (Å²) >= 11 is 0. The van der Waals surface area contributed by atoms with Crippen molar-refractivity contribution in [3.63, 3.8) is 0 Å². The predicted molar refractivity (Wildman–Crippen MR) is 106 cm³/mol. The number of fused-ring (bicyclic) bond motifs is 1. The van der Waals surface area contributed by atoms with Crippen LogP contribution in [-0.4, -0.2) is 6.36 Å². The van der Waals surface area contributed by atoms with Crippen molar-refractivity contribution in [3.05, 3.63) is 76.9 Å². The molecule has 0 saturated heterocycles. The summed E-state index contributed by atoms with van der Waals surface area (Å²) in [6.45, 7) is 2.16. The summed E-state index contributed by atoms with van der Waals surface area (Å²) in [6, 6.07) is 12.8. The van der Waals surface area contributed by atoms with Crippen LogP contribution in [0.4, 0.5) is 22.0 Å². The van der Waals surface area contributed by atoms with Crippen LogP contribution in [0.25, 0.3) is 10.8 Å². The minimum absolute atomic E-state index is 0.0950. The molecule has 3 rings (SSSR count). The van der Waals surface area contributed by atoms with E-state index in [1.807, 2.05) is 24.3 Å². The van der Waals surface area contributed by atoms with Crippen LogP contribution < -0.4 is 4.74 Å². The summed E-state index contributed by atoms with van der Waals surface area (Å²) in [5.74, 6) is 1.59. The summed E-state index contributed by atoms with van der Waals surface area (Å²) in [5, 5.41) is -0.0878. The summed E-state index contributed by atoms with van der Waals surface area (Å²) in [6.07, 6.45) is -0.675. The lowest BCUT2D eigenvalue weighted by molar-refractivity contribution is -0.276. The highest BCUT2D eigenvalue weighted by molar-refractivity contribution is 5.86. The number of rotatable bonds is 5. The van der Waals surface area contributed by atoms with Gasteiger partial charge in [0.2, 0.25) is 5.75 Å². The van der Waals surface area contributed by atoms with Crippen molar-refractivity contribution in [1.29, 1.82) is 0 Å². The SMILES string of the molecule is CCCCCc1ccc(C#Cc2ccc3c(F)c(OC(F)(F)F)c(F)cc3c2)cc1. The second-order valence-corrected chi connectivity index (χ2v) is 6.89. The molecule has 0 fully saturated rings. The van der Waals surface area contributed by atoms with Crippen LogP contribution in [0.3, 0.4) is 0 Å². The third kappa shape index (κ3) is 5.50. The Balaban J connectivity index is 1.82. The first kappa shape index (κ1) is 21.6. The maximum Gasteiger partial charge on any atom is 0.573 e. The van der Waals surface area contributed by atoms with Crippen LogP contribution in [0, 0.1) is 23.5 Å². The second-order valence-electron chi connectivity index (χ2n) is 6.89. The van der Waals surface area contributed by atoms with Gasteiger partial charge in [-0.15, -0.1) is 13.2 Å². The van der Waals surface area contributed by atoms with Crippen molar-refractivity contribution in [3.8, 4) is 17.6 Å². The topological polar surface area (TPSA) is 9.23 Å². The summed E-state index contributed by atoms with van der Waals surface area (Å²) in [7, 11) is 0. The van der Waals surface area contributed by atoms with Gasteiger partial charge in [0, 0.05) is 16.5 Å². The van der Waals surface area contributed by atoms with E-state index in [4.69, 9.17) is 0 Å². The lowest BCUT2D eigenvalue weighted by Crippen LogP contribution is -2.19. The van der Waals surface area contributed by atoms with Crippen molar-refractivity contribution in [2.45, 2.75) is 39.0 Å². The molecule has 0 aliphatic heterocycles. The zero-order valence-electron chi connectivity index (χ0n) is 16.2. The Morgan fingerprint density at radius 3 is 2.20 bits per heavy atom. The van der Waals surface area contributed by atoms with Gasteiger partial charge in [0.1, 0.15) is 0 Å². The minimum atomic E-state index is -5.19. The fraction of sp³-hybridized carbons (Fsp3) is 0.250. The Morgan fingerprint density at radius 2 is 1.53 bits per heavy atom. The number of benzene rings is 3. The largest absolute Gasteiger partial charge is 0.573 e. The van der Waals surface area contributed by atoms with Gasteiger partial charge >= 0.3 is 6.36 Å². The third-order valence-corrected chi connectivity index (χ3v) is 4.58. The molecule has 0 saturated carbocycles. The molecule has 0 aromatic heterocycles. The molecule has 3 aromatic rings. The van der Waals surface area contributed by atoms with Crippen molar-refractivity contribution in [2.75, 3.05) is 0 Å². The van der Waals surface area contributed by atoms with Crippen molar-refractivity contribution in [2.24, 2.45) is 0 Å². The molecule has 0 bridgehead atoms. The molecule has 156 valence electrons. The van der Waals surface area contributed by atoms with Crippen LogP contribution in [-0.2, 0) is 6.42 Å². The van der Waals surface area contributed by atoms with E-state index in [1.54, 1.807) is 0 Å². The number of alkyl halides is 3. The molecular formula is C24H19F5O. The van der Waals surface area contributed by atoms with Crippen LogP contribution in [0.5, 0.6) is 5.75 Å². The number of unbranched alkanes of at least 4 members (excludes halogenated alkanes) is 2. The standard InChI is InChI=1S/C24H19F5O/c1-2-3-4-5-16-6-8-17(9-7-16)10-11-18-12-13-20-19(14-18)15-21(25)23(22(20)26)30-24(27,28)29/h6-9,12-15H,2-5H2,1H3. The van der Waals surface area contributed by atoms with Gasteiger partial charge in [0.05, 0.1) is 0 Å². The highest BCUT2D eigenvalue weighted by Crippen LogP contribution is 2.33. The Labute approximate surface area is 171 Å². The van der Waals surface area contributed by atoms with E-state index < -0.39 is 23.7 Å². The lowest BCUT2D eigenvalue weighted by atomic mass is 10.0. The summed E-state index contributed by atoms with van der Waals surface area (Å²) < 4.78 is 68.8. The molecular weight excluding hydrogens is 399 g/mol. The van der Waals surface area contributed by atoms with Gasteiger partial charge in [0.15, 0.2) is 11.6 Å². The molecule has 0 radical (unpaired) electrons. The molecule has 0 unspecified atom stereocenters. The highest BCUT2D eigenvalue weighted by atomic mass is 19.4. The normalized spacial score (nSPS) is 11.3. The summed E-state index contributed by atoms with van der Waals surface area (Å²) in [4.78, 5) is 0. The molecule has 0 N–H and O–H groups in total. The van der Waals surface area contributed by atoms with Gasteiger partial charge in [-0.3, -0.25) is 0 Å². The monoisotopic (exact) mass is 418 g/mol. The van der Waals surface area contributed by atoms with Gasteiger partial charge < -0.3 is 4.74 Å². The van der Waals surface area contributed by atoms with Crippen molar-refractivity contribution in [1.82, 2.24) is 0 Å². The summed E-state index contributed by atoms with van der Waals surface area (Å²) in [5.41, 5.74) is 2.51. The highest BCUT2D eigenvalue weighted by Gasteiger charge is 2.34. The fourth-order valence-electron chi connectivity index (χ4n) is 3.08. The zero-order chi connectivity index (χ0) is 21.7. The second kappa shape index (κ2) is 9.17. The number of aryl methyl sites for hydroxylation is 1. The maximum absolute atomic E-state index is 14.3. The molecule has 1 nitrogen and oxygen atoms in total. The van der Waals surface area contributed by atoms with E-state index in [2.05, 4.69) is 23.5 Å². The predicted octanol–water partition coefficient (Wildman–Crippen LogP) is 7.15. The molecule has 0 aliphatic carbocycles. The quantitative estimate of drug-likeness (QED) is 0.243. The van der Waals surface area contributed by atoms with Crippen LogP contribution >= 0.6 is 0 Å². The Morgan fingerprint density at radius 1 is 0.867 bits per heavy atom.